The molecule has 4 fully saturated rings. The number of aliphatic imine (C=N–C) groups is 1. The average Bonchev–Trinajstić information content (AvgIpc) is 2.36. The number of hydrogen-bond acceptors (Lipinski definition) is 1. The van der Waals surface area contributed by atoms with Crippen molar-refractivity contribution in [3.05, 3.63) is 35.6 Å². The Morgan fingerprint density at radius 3 is 2.16 bits per heavy atom. The number of benzene rings is 1. The van der Waals surface area contributed by atoms with Crippen LogP contribution in [0.15, 0.2) is 29.3 Å². The number of nitrogens with zero attached hydrogens (tertiary/aromatic N) is 1. The molecule has 0 N–H and O–H groups in total. The third-order valence-corrected chi connectivity index (χ3v) is 5.39. The van der Waals surface area contributed by atoms with Crippen molar-refractivity contribution in [2.24, 2.45) is 22.7 Å². The zero-order chi connectivity index (χ0) is 12.9. The third-order valence-electron chi connectivity index (χ3n) is 5.39. The van der Waals surface area contributed by atoms with Gasteiger partial charge in [-0.05, 0) is 62.3 Å². The molecule has 0 heterocycles. The van der Waals surface area contributed by atoms with E-state index in [0.717, 1.165) is 17.8 Å². The van der Waals surface area contributed by atoms with E-state index in [1.807, 2.05) is 12.1 Å². The van der Waals surface area contributed by atoms with Gasteiger partial charge < -0.3 is 0 Å². The molecule has 4 aliphatic carbocycles. The van der Waals surface area contributed by atoms with Gasteiger partial charge in [-0.15, -0.1) is 0 Å². The maximum absolute atomic E-state index is 13.7. The van der Waals surface area contributed by atoms with Crippen LogP contribution in [-0.2, 0) is 0 Å². The van der Waals surface area contributed by atoms with Gasteiger partial charge in [0.15, 0.2) is 0 Å². The minimum Gasteiger partial charge on any atom is -0.286 e. The summed E-state index contributed by atoms with van der Waals surface area (Å²) in [7, 11) is 0. The summed E-state index contributed by atoms with van der Waals surface area (Å²) in [5.74, 6) is 2.52. The quantitative estimate of drug-likeness (QED) is 0.704. The molecule has 0 radical (unpaired) electrons. The van der Waals surface area contributed by atoms with Gasteiger partial charge in [-0.1, -0.05) is 18.2 Å². The number of rotatable bonds is 2. The molecule has 0 saturated heterocycles. The topological polar surface area (TPSA) is 12.4 Å². The summed E-state index contributed by atoms with van der Waals surface area (Å²) in [6, 6.07) is 6.95. The average molecular weight is 257 g/mol. The molecule has 0 spiro atoms. The van der Waals surface area contributed by atoms with E-state index >= 15 is 0 Å². The van der Waals surface area contributed by atoms with Crippen LogP contribution in [0.1, 0.15) is 44.1 Å². The molecular formula is C17H20FN. The lowest BCUT2D eigenvalue weighted by Gasteiger charge is -2.54. The van der Waals surface area contributed by atoms with E-state index in [1.165, 1.54) is 44.6 Å². The smallest absolute Gasteiger partial charge is 0.131 e. The molecule has 1 aromatic carbocycles. The van der Waals surface area contributed by atoms with Crippen LogP contribution in [0, 0.1) is 23.6 Å². The van der Waals surface area contributed by atoms with Crippen LogP contribution in [0.2, 0.25) is 0 Å². The summed E-state index contributed by atoms with van der Waals surface area (Å²) in [5, 5.41) is 0. The van der Waals surface area contributed by atoms with Crippen LogP contribution in [-0.4, -0.2) is 11.8 Å². The second kappa shape index (κ2) is 4.16. The fourth-order valence-electron chi connectivity index (χ4n) is 5.01. The molecule has 19 heavy (non-hydrogen) atoms. The number of halogens is 1. The van der Waals surface area contributed by atoms with Gasteiger partial charge in [0.05, 0.1) is 5.54 Å². The van der Waals surface area contributed by atoms with Crippen molar-refractivity contribution in [3.8, 4) is 0 Å². The van der Waals surface area contributed by atoms with Gasteiger partial charge in [0.1, 0.15) is 5.82 Å². The predicted molar refractivity (Wildman–Crippen MR) is 74.9 cm³/mol. The summed E-state index contributed by atoms with van der Waals surface area (Å²) in [6.07, 6.45) is 9.79. The monoisotopic (exact) mass is 257 g/mol. The van der Waals surface area contributed by atoms with Gasteiger partial charge in [-0.3, -0.25) is 4.99 Å². The van der Waals surface area contributed by atoms with Crippen LogP contribution < -0.4 is 0 Å². The van der Waals surface area contributed by atoms with Crippen LogP contribution in [0.4, 0.5) is 4.39 Å². The highest BCUT2D eigenvalue weighted by molar-refractivity contribution is 5.80. The SMILES string of the molecule is Fc1ccccc1C=NC12CC3CC(CC(C3)C1)C2. The summed E-state index contributed by atoms with van der Waals surface area (Å²) >= 11 is 0. The van der Waals surface area contributed by atoms with Crippen molar-refractivity contribution in [1.82, 2.24) is 0 Å². The van der Waals surface area contributed by atoms with Crippen LogP contribution in [0.3, 0.4) is 0 Å². The highest BCUT2D eigenvalue weighted by Crippen LogP contribution is 2.57. The third kappa shape index (κ3) is 2.01. The van der Waals surface area contributed by atoms with E-state index in [9.17, 15) is 4.39 Å². The van der Waals surface area contributed by atoms with Crippen molar-refractivity contribution in [3.63, 3.8) is 0 Å². The van der Waals surface area contributed by atoms with Gasteiger partial charge in [0.25, 0.3) is 0 Å². The lowest BCUT2D eigenvalue weighted by atomic mass is 9.53. The molecule has 5 rings (SSSR count). The van der Waals surface area contributed by atoms with Crippen molar-refractivity contribution < 1.29 is 4.39 Å². The van der Waals surface area contributed by atoms with E-state index < -0.39 is 0 Å². The van der Waals surface area contributed by atoms with Crippen molar-refractivity contribution in [1.29, 1.82) is 0 Å². The first-order chi connectivity index (χ1) is 9.22. The lowest BCUT2D eigenvalue weighted by molar-refractivity contribution is 0.00194. The van der Waals surface area contributed by atoms with Crippen LogP contribution in [0.25, 0.3) is 0 Å². The van der Waals surface area contributed by atoms with E-state index in [0.29, 0.717) is 5.56 Å². The Morgan fingerprint density at radius 1 is 1.00 bits per heavy atom. The van der Waals surface area contributed by atoms with E-state index in [1.54, 1.807) is 12.3 Å². The van der Waals surface area contributed by atoms with Gasteiger partial charge in [0.2, 0.25) is 0 Å². The minimum atomic E-state index is -0.157. The van der Waals surface area contributed by atoms with Crippen LogP contribution >= 0.6 is 0 Å². The Hall–Kier alpha value is -1.18. The van der Waals surface area contributed by atoms with E-state index in [2.05, 4.69) is 0 Å². The second-order valence-corrected chi connectivity index (χ2v) is 6.92. The zero-order valence-electron chi connectivity index (χ0n) is 11.2. The van der Waals surface area contributed by atoms with Crippen molar-refractivity contribution in [2.45, 2.75) is 44.1 Å². The molecule has 0 atom stereocenters. The van der Waals surface area contributed by atoms with Gasteiger partial charge in [-0.25, -0.2) is 4.39 Å². The lowest BCUT2D eigenvalue weighted by Crippen LogP contribution is -2.49. The molecule has 0 aromatic heterocycles. The molecule has 4 aliphatic rings. The first-order valence-corrected chi connectivity index (χ1v) is 7.52. The predicted octanol–water partition coefficient (Wildman–Crippen LogP) is 4.21. The molecule has 4 bridgehead atoms. The first kappa shape index (κ1) is 11.6. The van der Waals surface area contributed by atoms with Gasteiger partial charge >= 0.3 is 0 Å². The molecule has 2 heteroatoms. The maximum atomic E-state index is 13.7. The van der Waals surface area contributed by atoms with E-state index in [-0.39, 0.29) is 11.4 Å². The Labute approximate surface area is 113 Å². The highest BCUT2D eigenvalue weighted by Gasteiger charge is 2.50. The normalized spacial score (nSPS) is 40.2. The summed E-state index contributed by atoms with van der Waals surface area (Å²) in [6.45, 7) is 0. The Morgan fingerprint density at radius 2 is 1.58 bits per heavy atom. The molecule has 0 unspecified atom stereocenters. The molecular weight excluding hydrogens is 237 g/mol. The first-order valence-electron chi connectivity index (χ1n) is 7.52. The molecule has 0 amide bonds. The second-order valence-electron chi connectivity index (χ2n) is 6.92. The molecule has 0 aliphatic heterocycles. The molecule has 100 valence electrons. The molecule has 4 saturated carbocycles. The molecule has 1 aromatic rings. The largest absolute Gasteiger partial charge is 0.286 e. The highest BCUT2D eigenvalue weighted by atomic mass is 19.1. The maximum Gasteiger partial charge on any atom is 0.131 e. The Balaban J connectivity index is 1.61. The fraction of sp³-hybridized carbons (Fsp3) is 0.588. The van der Waals surface area contributed by atoms with Crippen molar-refractivity contribution >= 4 is 6.21 Å². The van der Waals surface area contributed by atoms with Crippen LogP contribution in [0.5, 0.6) is 0 Å². The number of hydrogen-bond donors (Lipinski definition) is 0. The Bertz CT molecular complexity index is 484. The van der Waals surface area contributed by atoms with Crippen molar-refractivity contribution in [2.75, 3.05) is 0 Å². The fourth-order valence-corrected chi connectivity index (χ4v) is 5.01. The molecule has 1 nitrogen and oxygen atoms in total. The summed E-state index contributed by atoms with van der Waals surface area (Å²) in [4.78, 5) is 4.88. The summed E-state index contributed by atoms with van der Waals surface area (Å²) < 4.78 is 13.7. The zero-order valence-corrected chi connectivity index (χ0v) is 11.2. The van der Waals surface area contributed by atoms with Gasteiger partial charge in [-0.2, -0.15) is 0 Å². The standard InChI is InChI=1S/C17H20FN/c18-16-4-2-1-3-15(16)11-19-17-8-12-5-13(9-17)7-14(6-12)10-17/h1-4,11-14H,5-10H2. The van der Waals surface area contributed by atoms with E-state index in [4.69, 9.17) is 4.99 Å². The van der Waals surface area contributed by atoms with Gasteiger partial charge in [0, 0.05) is 11.8 Å². The minimum absolute atomic E-state index is 0.150. The Kier molecular flexibility index (Phi) is 2.54. The summed E-state index contributed by atoms with van der Waals surface area (Å²) in [5.41, 5.74) is 0.787.